The van der Waals surface area contributed by atoms with Crippen molar-refractivity contribution in [3.8, 4) is 0 Å². The Balaban J connectivity index is 2.03. The Morgan fingerprint density at radius 1 is 1.54 bits per heavy atom. The molecule has 1 aromatic heterocycles. The number of ether oxygens (including phenoxy) is 1. The summed E-state index contributed by atoms with van der Waals surface area (Å²) < 4.78 is 5.38. The van der Waals surface area contributed by atoms with E-state index in [1.165, 1.54) is 0 Å². The van der Waals surface area contributed by atoms with Crippen molar-refractivity contribution in [1.29, 1.82) is 0 Å². The molecule has 0 spiro atoms. The maximum absolute atomic E-state index is 5.38. The first-order chi connectivity index (χ1) is 6.34. The minimum absolute atomic E-state index is 0.304. The van der Waals surface area contributed by atoms with Crippen molar-refractivity contribution >= 4 is 5.90 Å². The van der Waals surface area contributed by atoms with Crippen molar-refractivity contribution in [2.45, 2.75) is 19.4 Å². The molecule has 0 aliphatic carbocycles. The van der Waals surface area contributed by atoms with Gasteiger partial charge in [0.05, 0.1) is 12.5 Å². The molecule has 2 rings (SSSR count). The minimum Gasteiger partial charge on any atom is -0.478 e. The van der Waals surface area contributed by atoms with Gasteiger partial charge in [-0.25, -0.2) is 4.99 Å². The van der Waals surface area contributed by atoms with Gasteiger partial charge in [0.15, 0.2) is 5.90 Å². The van der Waals surface area contributed by atoms with Gasteiger partial charge in [0.2, 0.25) is 0 Å². The number of pyridine rings is 1. The molecule has 0 saturated carbocycles. The fourth-order valence-electron chi connectivity index (χ4n) is 1.29. The van der Waals surface area contributed by atoms with Gasteiger partial charge in [0, 0.05) is 11.9 Å². The van der Waals surface area contributed by atoms with Crippen LogP contribution in [0.25, 0.3) is 0 Å². The highest BCUT2D eigenvalue weighted by atomic mass is 16.5. The van der Waals surface area contributed by atoms with Gasteiger partial charge in [-0.1, -0.05) is 6.07 Å². The fourth-order valence-corrected chi connectivity index (χ4v) is 1.29. The molecular weight excluding hydrogens is 164 g/mol. The molecule has 0 N–H and O–H groups in total. The van der Waals surface area contributed by atoms with E-state index in [2.05, 4.69) is 9.98 Å². The summed E-state index contributed by atoms with van der Waals surface area (Å²) in [6, 6.07) is 6.17. The van der Waals surface area contributed by atoms with Gasteiger partial charge in [-0.3, -0.25) is 4.98 Å². The standard InChI is InChI=1S/C10H12N2O/c1-8-7-13-10(12-8)6-9-4-2-3-5-11-9/h2-5,8H,6-7H2,1H3/t8-/m1/s1. The van der Waals surface area contributed by atoms with E-state index in [0.29, 0.717) is 19.1 Å². The Kier molecular flexibility index (Phi) is 2.25. The Morgan fingerprint density at radius 2 is 2.46 bits per heavy atom. The minimum atomic E-state index is 0.304. The van der Waals surface area contributed by atoms with E-state index in [0.717, 1.165) is 11.6 Å². The molecule has 0 unspecified atom stereocenters. The van der Waals surface area contributed by atoms with Gasteiger partial charge in [-0.15, -0.1) is 0 Å². The molecule has 3 heteroatoms. The molecule has 1 aromatic rings. The highest BCUT2D eigenvalue weighted by Gasteiger charge is 2.14. The van der Waals surface area contributed by atoms with Crippen molar-refractivity contribution < 1.29 is 4.74 Å². The fraction of sp³-hybridized carbons (Fsp3) is 0.400. The van der Waals surface area contributed by atoms with Gasteiger partial charge >= 0.3 is 0 Å². The number of aromatic nitrogens is 1. The van der Waals surface area contributed by atoms with Crippen LogP contribution in [0.3, 0.4) is 0 Å². The quantitative estimate of drug-likeness (QED) is 0.683. The zero-order valence-electron chi connectivity index (χ0n) is 7.60. The highest BCUT2D eigenvalue weighted by molar-refractivity contribution is 5.79. The van der Waals surface area contributed by atoms with Crippen LogP contribution in [-0.2, 0) is 11.2 Å². The molecule has 0 fully saturated rings. The number of rotatable bonds is 2. The van der Waals surface area contributed by atoms with Crippen LogP contribution in [0.15, 0.2) is 29.4 Å². The predicted molar refractivity (Wildman–Crippen MR) is 50.8 cm³/mol. The number of nitrogens with zero attached hydrogens (tertiary/aromatic N) is 2. The molecule has 1 atom stereocenters. The Labute approximate surface area is 77.5 Å². The number of aliphatic imine (C=N–C) groups is 1. The summed E-state index contributed by atoms with van der Waals surface area (Å²) in [7, 11) is 0. The van der Waals surface area contributed by atoms with Crippen LogP contribution < -0.4 is 0 Å². The first kappa shape index (κ1) is 8.23. The third kappa shape index (κ3) is 2.05. The van der Waals surface area contributed by atoms with Crippen LogP contribution in [0.1, 0.15) is 12.6 Å². The number of hydrogen-bond acceptors (Lipinski definition) is 3. The average molecular weight is 176 g/mol. The molecule has 0 bridgehead atoms. The largest absolute Gasteiger partial charge is 0.478 e. The molecule has 0 saturated heterocycles. The lowest BCUT2D eigenvalue weighted by Crippen LogP contribution is -2.04. The van der Waals surface area contributed by atoms with E-state index in [-0.39, 0.29) is 0 Å². The average Bonchev–Trinajstić information content (AvgIpc) is 2.53. The third-order valence-corrected chi connectivity index (χ3v) is 1.91. The van der Waals surface area contributed by atoms with Crippen LogP contribution >= 0.6 is 0 Å². The summed E-state index contributed by atoms with van der Waals surface area (Å²) in [6.45, 7) is 2.76. The van der Waals surface area contributed by atoms with E-state index >= 15 is 0 Å². The third-order valence-electron chi connectivity index (χ3n) is 1.91. The molecule has 3 nitrogen and oxygen atoms in total. The zero-order valence-corrected chi connectivity index (χ0v) is 7.60. The van der Waals surface area contributed by atoms with E-state index in [1.54, 1.807) is 6.20 Å². The monoisotopic (exact) mass is 176 g/mol. The SMILES string of the molecule is C[C@@H]1COC(Cc2ccccn2)=N1. The molecule has 2 heterocycles. The Hall–Kier alpha value is -1.38. The molecular formula is C10H12N2O. The second-order valence-corrected chi connectivity index (χ2v) is 3.18. The Bertz CT molecular complexity index is 308. The molecule has 0 aromatic carbocycles. The summed E-state index contributed by atoms with van der Waals surface area (Å²) >= 11 is 0. The van der Waals surface area contributed by atoms with Crippen LogP contribution in [0.2, 0.25) is 0 Å². The van der Waals surface area contributed by atoms with Crippen molar-refractivity contribution in [3.05, 3.63) is 30.1 Å². The normalized spacial score (nSPS) is 21.0. The second kappa shape index (κ2) is 3.56. The smallest absolute Gasteiger partial charge is 0.189 e. The summed E-state index contributed by atoms with van der Waals surface area (Å²) in [4.78, 5) is 8.54. The summed E-state index contributed by atoms with van der Waals surface area (Å²) in [6.07, 6.45) is 2.50. The van der Waals surface area contributed by atoms with Crippen molar-refractivity contribution in [1.82, 2.24) is 4.98 Å². The lowest BCUT2D eigenvalue weighted by Gasteiger charge is -1.99. The van der Waals surface area contributed by atoms with Crippen LogP contribution in [0.4, 0.5) is 0 Å². The Morgan fingerprint density at radius 3 is 3.08 bits per heavy atom. The maximum Gasteiger partial charge on any atom is 0.189 e. The molecule has 68 valence electrons. The molecule has 1 aliphatic heterocycles. The van der Waals surface area contributed by atoms with Gasteiger partial charge < -0.3 is 4.74 Å². The second-order valence-electron chi connectivity index (χ2n) is 3.18. The van der Waals surface area contributed by atoms with Crippen LogP contribution in [0, 0.1) is 0 Å². The molecule has 0 radical (unpaired) electrons. The molecule has 0 amide bonds. The summed E-state index contributed by atoms with van der Waals surface area (Å²) in [5, 5.41) is 0. The molecule has 1 aliphatic rings. The van der Waals surface area contributed by atoms with Crippen molar-refractivity contribution in [2.75, 3.05) is 6.61 Å². The van der Waals surface area contributed by atoms with Gasteiger partial charge in [0.1, 0.15) is 6.61 Å². The van der Waals surface area contributed by atoms with Gasteiger partial charge in [-0.2, -0.15) is 0 Å². The maximum atomic E-state index is 5.38. The highest BCUT2D eigenvalue weighted by Crippen LogP contribution is 2.07. The van der Waals surface area contributed by atoms with E-state index in [4.69, 9.17) is 4.74 Å². The summed E-state index contributed by atoms with van der Waals surface area (Å²) in [5.74, 6) is 0.811. The zero-order chi connectivity index (χ0) is 9.10. The van der Waals surface area contributed by atoms with Crippen LogP contribution in [-0.4, -0.2) is 23.5 Å². The summed E-state index contributed by atoms with van der Waals surface area (Å²) in [5.41, 5.74) is 1.01. The van der Waals surface area contributed by atoms with E-state index < -0.39 is 0 Å². The topological polar surface area (TPSA) is 34.5 Å². The van der Waals surface area contributed by atoms with Crippen LogP contribution in [0.5, 0.6) is 0 Å². The lowest BCUT2D eigenvalue weighted by molar-refractivity contribution is 0.317. The first-order valence-electron chi connectivity index (χ1n) is 4.44. The lowest BCUT2D eigenvalue weighted by atomic mass is 10.3. The first-order valence-corrected chi connectivity index (χ1v) is 4.44. The van der Waals surface area contributed by atoms with Crippen molar-refractivity contribution in [3.63, 3.8) is 0 Å². The van der Waals surface area contributed by atoms with Crippen molar-refractivity contribution in [2.24, 2.45) is 4.99 Å². The van der Waals surface area contributed by atoms with Gasteiger partial charge in [0.25, 0.3) is 0 Å². The number of hydrogen-bond donors (Lipinski definition) is 0. The van der Waals surface area contributed by atoms with Gasteiger partial charge in [-0.05, 0) is 19.1 Å². The van der Waals surface area contributed by atoms with E-state index in [1.807, 2.05) is 25.1 Å². The van der Waals surface area contributed by atoms with E-state index in [9.17, 15) is 0 Å². The molecule has 13 heavy (non-hydrogen) atoms. The predicted octanol–water partition coefficient (Wildman–Crippen LogP) is 1.44.